The highest BCUT2D eigenvalue weighted by Crippen LogP contribution is 2.20. The Kier molecular flexibility index (Phi) is 4.07. The zero-order chi connectivity index (χ0) is 17.1. The van der Waals surface area contributed by atoms with Gasteiger partial charge in [-0.25, -0.2) is 4.98 Å². The predicted molar refractivity (Wildman–Crippen MR) is 82.4 cm³/mol. The van der Waals surface area contributed by atoms with Crippen LogP contribution in [0.1, 0.15) is 15.9 Å². The van der Waals surface area contributed by atoms with E-state index in [1.54, 1.807) is 23.1 Å². The van der Waals surface area contributed by atoms with Gasteiger partial charge in [0.25, 0.3) is 11.6 Å². The van der Waals surface area contributed by atoms with Crippen molar-refractivity contribution >= 4 is 11.6 Å². The summed E-state index contributed by atoms with van der Waals surface area (Å²) >= 11 is 0. The number of nitriles is 1. The highest BCUT2D eigenvalue weighted by Gasteiger charge is 2.33. The molecule has 8 nitrogen and oxygen atoms in total. The Balaban J connectivity index is 1.57. The van der Waals surface area contributed by atoms with Crippen LogP contribution < -0.4 is 4.74 Å². The van der Waals surface area contributed by atoms with Crippen molar-refractivity contribution in [3.8, 4) is 11.9 Å². The molecule has 120 valence electrons. The van der Waals surface area contributed by atoms with E-state index < -0.39 is 4.92 Å². The summed E-state index contributed by atoms with van der Waals surface area (Å²) in [6, 6.07) is 10.8. The number of hydrogen-bond donors (Lipinski definition) is 0. The molecule has 0 unspecified atom stereocenters. The van der Waals surface area contributed by atoms with E-state index in [2.05, 4.69) is 4.98 Å². The molecule has 1 aliphatic heterocycles. The molecular formula is C16H12N4O4. The summed E-state index contributed by atoms with van der Waals surface area (Å²) in [7, 11) is 0. The summed E-state index contributed by atoms with van der Waals surface area (Å²) in [5.74, 6) is 0.118. The topological polar surface area (TPSA) is 109 Å². The van der Waals surface area contributed by atoms with Gasteiger partial charge in [0.1, 0.15) is 12.2 Å². The molecule has 1 aromatic carbocycles. The lowest BCUT2D eigenvalue weighted by molar-refractivity contribution is -0.384. The minimum atomic E-state index is -0.532. The molecule has 0 bridgehead atoms. The van der Waals surface area contributed by atoms with Gasteiger partial charge in [0.2, 0.25) is 5.88 Å². The zero-order valence-electron chi connectivity index (χ0n) is 12.5. The number of aromatic nitrogens is 1. The van der Waals surface area contributed by atoms with Crippen LogP contribution >= 0.6 is 0 Å². The third kappa shape index (κ3) is 3.15. The number of carbonyl (C=O) groups is 1. The summed E-state index contributed by atoms with van der Waals surface area (Å²) in [6.07, 6.45) is 1.23. The van der Waals surface area contributed by atoms with E-state index in [9.17, 15) is 14.9 Å². The second-order valence-electron chi connectivity index (χ2n) is 5.25. The number of carbonyl (C=O) groups excluding carboxylic acids is 1. The molecule has 2 heterocycles. The second-order valence-corrected chi connectivity index (χ2v) is 5.25. The number of benzene rings is 1. The van der Waals surface area contributed by atoms with E-state index in [1.807, 2.05) is 6.07 Å². The first-order chi connectivity index (χ1) is 11.6. The molecule has 0 saturated carbocycles. The van der Waals surface area contributed by atoms with E-state index >= 15 is 0 Å². The molecule has 8 heteroatoms. The van der Waals surface area contributed by atoms with E-state index in [0.29, 0.717) is 24.5 Å². The molecule has 1 saturated heterocycles. The molecule has 0 spiro atoms. The number of nitro groups is 1. The normalized spacial score (nSPS) is 13.7. The third-order valence-electron chi connectivity index (χ3n) is 3.59. The van der Waals surface area contributed by atoms with Crippen molar-refractivity contribution in [1.82, 2.24) is 9.88 Å². The Labute approximate surface area is 137 Å². The number of ether oxygens (including phenoxy) is 1. The Morgan fingerprint density at radius 3 is 2.79 bits per heavy atom. The van der Waals surface area contributed by atoms with Crippen molar-refractivity contribution < 1.29 is 14.5 Å². The van der Waals surface area contributed by atoms with Crippen molar-refractivity contribution in [3.63, 3.8) is 0 Å². The van der Waals surface area contributed by atoms with Gasteiger partial charge in [-0.1, -0.05) is 6.07 Å². The molecule has 1 aliphatic rings. The van der Waals surface area contributed by atoms with Gasteiger partial charge in [-0.05, 0) is 12.1 Å². The fourth-order valence-corrected chi connectivity index (χ4v) is 2.30. The van der Waals surface area contributed by atoms with Gasteiger partial charge < -0.3 is 9.64 Å². The molecular weight excluding hydrogens is 312 g/mol. The largest absolute Gasteiger partial charge is 0.471 e. The maximum Gasteiger partial charge on any atom is 0.270 e. The molecule has 0 aliphatic carbocycles. The van der Waals surface area contributed by atoms with E-state index in [0.717, 1.165) is 0 Å². The van der Waals surface area contributed by atoms with Crippen molar-refractivity contribution in [2.24, 2.45) is 0 Å². The summed E-state index contributed by atoms with van der Waals surface area (Å²) in [5.41, 5.74) is 0.605. The maximum atomic E-state index is 12.3. The van der Waals surface area contributed by atoms with Crippen molar-refractivity contribution in [1.29, 1.82) is 5.26 Å². The smallest absolute Gasteiger partial charge is 0.270 e. The number of hydrogen-bond acceptors (Lipinski definition) is 6. The van der Waals surface area contributed by atoms with Gasteiger partial charge >= 0.3 is 0 Å². The van der Waals surface area contributed by atoms with Crippen molar-refractivity contribution in [2.45, 2.75) is 6.10 Å². The second kappa shape index (κ2) is 6.34. The van der Waals surface area contributed by atoms with Crippen LogP contribution in [-0.2, 0) is 0 Å². The number of pyridine rings is 1. The molecule has 0 N–H and O–H groups in total. The molecule has 2 aromatic rings. The first kappa shape index (κ1) is 15.4. The van der Waals surface area contributed by atoms with E-state index in [-0.39, 0.29) is 23.3 Å². The SMILES string of the molecule is N#Cc1ccc(OC2CN(C(=O)c3cccc([N+](=O)[O-])c3)C2)nc1. The standard InChI is InChI=1S/C16H12N4O4/c17-7-11-4-5-15(18-8-11)24-14-9-19(10-14)16(21)12-2-1-3-13(6-12)20(22)23/h1-6,8,14H,9-10H2. The van der Waals surface area contributed by atoms with Crippen LogP contribution in [0.2, 0.25) is 0 Å². The summed E-state index contributed by atoms with van der Waals surface area (Å²) < 4.78 is 5.61. The fraction of sp³-hybridized carbons (Fsp3) is 0.188. The van der Waals surface area contributed by atoms with Gasteiger partial charge in [0.15, 0.2) is 0 Å². The van der Waals surface area contributed by atoms with Crippen molar-refractivity contribution in [3.05, 3.63) is 63.8 Å². The quantitative estimate of drug-likeness (QED) is 0.626. The Hall–Kier alpha value is -3.47. The van der Waals surface area contributed by atoms with Crippen LogP contribution in [-0.4, -0.2) is 39.9 Å². The minimum absolute atomic E-state index is 0.115. The Morgan fingerprint density at radius 1 is 1.38 bits per heavy atom. The van der Waals surface area contributed by atoms with Crippen LogP contribution in [0.25, 0.3) is 0 Å². The molecule has 3 rings (SSSR count). The number of amides is 1. The highest BCUT2D eigenvalue weighted by molar-refractivity contribution is 5.95. The van der Waals surface area contributed by atoms with Crippen LogP contribution in [0, 0.1) is 21.4 Å². The Morgan fingerprint density at radius 2 is 2.17 bits per heavy atom. The molecule has 1 fully saturated rings. The molecule has 24 heavy (non-hydrogen) atoms. The van der Waals surface area contributed by atoms with Gasteiger partial charge in [-0.2, -0.15) is 5.26 Å². The average Bonchev–Trinajstić information content (AvgIpc) is 2.57. The summed E-state index contributed by atoms with van der Waals surface area (Å²) in [4.78, 5) is 28.1. The molecule has 0 atom stereocenters. The van der Waals surface area contributed by atoms with Gasteiger partial charge in [0.05, 0.1) is 23.6 Å². The lowest BCUT2D eigenvalue weighted by atomic mass is 10.1. The molecule has 1 aromatic heterocycles. The fourth-order valence-electron chi connectivity index (χ4n) is 2.30. The lowest BCUT2D eigenvalue weighted by Gasteiger charge is -2.38. The monoisotopic (exact) mass is 324 g/mol. The first-order valence-corrected chi connectivity index (χ1v) is 7.13. The number of rotatable bonds is 4. The van der Waals surface area contributed by atoms with E-state index in [1.165, 1.54) is 24.4 Å². The Bertz CT molecular complexity index is 823. The molecule has 0 radical (unpaired) electrons. The van der Waals surface area contributed by atoms with Crippen molar-refractivity contribution in [2.75, 3.05) is 13.1 Å². The van der Waals surface area contributed by atoms with Crippen LogP contribution in [0.15, 0.2) is 42.6 Å². The lowest BCUT2D eigenvalue weighted by Crippen LogP contribution is -2.56. The van der Waals surface area contributed by atoms with Crippen LogP contribution in [0.3, 0.4) is 0 Å². The number of non-ortho nitro benzene ring substituents is 1. The van der Waals surface area contributed by atoms with Gasteiger partial charge in [-0.15, -0.1) is 0 Å². The predicted octanol–water partition coefficient (Wildman–Crippen LogP) is 1.76. The number of likely N-dealkylation sites (tertiary alicyclic amines) is 1. The summed E-state index contributed by atoms with van der Waals surface area (Å²) in [5, 5.41) is 19.5. The highest BCUT2D eigenvalue weighted by atomic mass is 16.6. The number of nitro benzene ring substituents is 1. The maximum absolute atomic E-state index is 12.3. The van der Waals surface area contributed by atoms with Gasteiger partial charge in [0, 0.05) is 30.0 Å². The van der Waals surface area contributed by atoms with Crippen LogP contribution in [0.5, 0.6) is 5.88 Å². The summed E-state index contributed by atoms with van der Waals surface area (Å²) in [6.45, 7) is 0.756. The van der Waals surface area contributed by atoms with Crippen LogP contribution in [0.4, 0.5) is 5.69 Å². The minimum Gasteiger partial charge on any atom is -0.471 e. The number of nitrogens with zero attached hydrogens (tertiary/aromatic N) is 4. The average molecular weight is 324 g/mol. The first-order valence-electron chi connectivity index (χ1n) is 7.13. The molecule has 1 amide bonds. The van der Waals surface area contributed by atoms with Gasteiger partial charge in [-0.3, -0.25) is 14.9 Å². The zero-order valence-corrected chi connectivity index (χ0v) is 12.5. The van der Waals surface area contributed by atoms with E-state index in [4.69, 9.17) is 10.00 Å². The third-order valence-corrected chi connectivity index (χ3v) is 3.59.